The Labute approximate surface area is 97.3 Å². The van der Waals surface area contributed by atoms with Gasteiger partial charge in [0.1, 0.15) is 0 Å². The molecule has 4 N–H and O–H groups in total. The van der Waals surface area contributed by atoms with Crippen molar-refractivity contribution in [1.82, 2.24) is 10.6 Å². The van der Waals surface area contributed by atoms with E-state index in [9.17, 15) is 4.79 Å². The maximum absolute atomic E-state index is 11.3. The highest BCUT2D eigenvalue weighted by Gasteiger charge is 2.29. The molecule has 0 aliphatic heterocycles. The standard InChI is InChI=1S/C12H23N3O/c13-10-2-1-3-11(8-10)14-6-7-15-12(16)9-4-5-9/h9-11,14H,1-8,13H2,(H,15,16). The van der Waals surface area contributed by atoms with Gasteiger partial charge in [0.15, 0.2) is 0 Å². The monoisotopic (exact) mass is 225 g/mol. The summed E-state index contributed by atoms with van der Waals surface area (Å²) in [5.74, 6) is 0.560. The fourth-order valence-corrected chi connectivity index (χ4v) is 2.36. The zero-order chi connectivity index (χ0) is 11.4. The van der Waals surface area contributed by atoms with E-state index in [2.05, 4.69) is 10.6 Å². The summed E-state index contributed by atoms with van der Waals surface area (Å²) in [7, 11) is 0. The van der Waals surface area contributed by atoms with Crippen LogP contribution in [0.25, 0.3) is 0 Å². The average molecular weight is 225 g/mol. The van der Waals surface area contributed by atoms with E-state index in [1.807, 2.05) is 0 Å². The summed E-state index contributed by atoms with van der Waals surface area (Å²) < 4.78 is 0. The lowest BCUT2D eigenvalue weighted by Gasteiger charge is -2.27. The second-order valence-corrected chi connectivity index (χ2v) is 5.14. The highest BCUT2D eigenvalue weighted by atomic mass is 16.2. The second kappa shape index (κ2) is 5.64. The number of nitrogens with one attached hydrogen (secondary N) is 2. The molecule has 2 rings (SSSR count). The van der Waals surface area contributed by atoms with Crippen molar-refractivity contribution in [2.45, 2.75) is 50.6 Å². The van der Waals surface area contributed by atoms with Gasteiger partial charge < -0.3 is 16.4 Å². The molecule has 2 aliphatic rings. The summed E-state index contributed by atoms with van der Waals surface area (Å²) in [6.07, 6.45) is 6.86. The summed E-state index contributed by atoms with van der Waals surface area (Å²) >= 11 is 0. The van der Waals surface area contributed by atoms with Crippen LogP contribution in [0.15, 0.2) is 0 Å². The van der Waals surface area contributed by atoms with Crippen molar-refractivity contribution < 1.29 is 4.79 Å². The molecule has 0 heterocycles. The van der Waals surface area contributed by atoms with Gasteiger partial charge in [-0.15, -0.1) is 0 Å². The quantitative estimate of drug-likeness (QED) is 0.592. The van der Waals surface area contributed by atoms with E-state index in [1.54, 1.807) is 0 Å². The van der Waals surface area contributed by atoms with Crippen molar-refractivity contribution in [1.29, 1.82) is 0 Å². The smallest absolute Gasteiger partial charge is 0.223 e. The number of carbonyl (C=O) groups excluding carboxylic acids is 1. The molecule has 0 bridgehead atoms. The summed E-state index contributed by atoms with van der Waals surface area (Å²) in [5, 5.41) is 6.43. The minimum absolute atomic E-state index is 0.238. The van der Waals surface area contributed by atoms with Crippen molar-refractivity contribution in [2.24, 2.45) is 11.7 Å². The van der Waals surface area contributed by atoms with Crippen LogP contribution in [0.5, 0.6) is 0 Å². The van der Waals surface area contributed by atoms with E-state index >= 15 is 0 Å². The first-order valence-corrected chi connectivity index (χ1v) is 6.52. The van der Waals surface area contributed by atoms with Gasteiger partial charge in [-0.05, 0) is 32.1 Å². The molecule has 0 saturated heterocycles. The number of carbonyl (C=O) groups is 1. The highest BCUT2D eigenvalue weighted by molar-refractivity contribution is 5.80. The molecule has 0 aromatic carbocycles. The van der Waals surface area contributed by atoms with E-state index in [0.29, 0.717) is 18.0 Å². The van der Waals surface area contributed by atoms with E-state index < -0.39 is 0 Å². The Kier molecular flexibility index (Phi) is 4.18. The van der Waals surface area contributed by atoms with Gasteiger partial charge in [-0.2, -0.15) is 0 Å². The first kappa shape index (κ1) is 11.9. The summed E-state index contributed by atoms with van der Waals surface area (Å²) in [5.41, 5.74) is 5.92. The van der Waals surface area contributed by atoms with Crippen molar-refractivity contribution >= 4 is 5.91 Å². The highest BCUT2D eigenvalue weighted by Crippen LogP contribution is 2.28. The average Bonchev–Trinajstić information content (AvgIpc) is 3.08. The van der Waals surface area contributed by atoms with Gasteiger partial charge in [-0.25, -0.2) is 0 Å². The molecule has 2 atom stereocenters. The lowest BCUT2D eigenvalue weighted by atomic mass is 9.92. The minimum atomic E-state index is 0.238. The van der Waals surface area contributed by atoms with Crippen LogP contribution < -0.4 is 16.4 Å². The third-order valence-electron chi connectivity index (χ3n) is 3.52. The summed E-state index contributed by atoms with van der Waals surface area (Å²) in [4.78, 5) is 11.3. The molecule has 16 heavy (non-hydrogen) atoms. The van der Waals surface area contributed by atoms with Crippen LogP contribution in [0, 0.1) is 5.92 Å². The first-order valence-electron chi connectivity index (χ1n) is 6.52. The fourth-order valence-electron chi connectivity index (χ4n) is 2.36. The zero-order valence-electron chi connectivity index (χ0n) is 9.87. The zero-order valence-corrected chi connectivity index (χ0v) is 9.87. The maximum atomic E-state index is 11.3. The van der Waals surface area contributed by atoms with Crippen LogP contribution >= 0.6 is 0 Å². The predicted molar refractivity (Wildman–Crippen MR) is 64.0 cm³/mol. The van der Waals surface area contributed by atoms with Crippen LogP contribution in [-0.4, -0.2) is 31.1 Å². The molecule has 2 unspecified atom stereocenters. The van der Waals surface area contributed by atoms with E-state index in [4.69, 9.17) is 5.73 Å². The fraction of sp³-hybridized carbons (Fsp3) is 0.917. The third-order valence-corrected chi connectivity index (χ3v) is 3.52. The Hall–Kier alpha value is -0.610. The van der Waals surface area contributed by atoms with E-state index in [1.165, 1.54) is 12.8 Å². The molecule has 4 nitrogen and oxygen atoms in total. The van der Waals surface area contributed by atoms with E-state index in [0.717, 1.165) is 38.8 Å². The van der Waals surface area contributed by atoms with E-state index in [-0.39, 0.29) is 5.91 Å². The molecular formula is C12H23N3O. The van der Waals surface area contributed by atoms with Gasteiger partial charge in [-0.1, -0.05) is 6.42 Å². The maximum Gasteiger partial charge on any atom is 0.223 e. The van der Waals surface area contributed by atoms with Crippen LogP contribution in [0.4, 0.5) is 0 Å². The van der Waals surface area contributed by atoms with Crippen LogP contribution in [0.2, 0.25) is 0 Å². The molecule has 2 fully saturated rings. The Bertz CT molecular complexity index is 240. The largest absolute Gasteiger partial charge is 0.355 e. The number of amides is 1. The Morgan fingerprint density at radius 3 is 2.69 bits per heavy atom. The van der Waals surface area contributed by atoms with Crippen molar-refractivity contribution in [3.63, 3.8) is 0 Å². The predicted octanol–water partition coefficient (Wildman–Crippen LogP) is 0.372. The molecule has 4 heteroatoms. The minimum Gasteiger partial charge on any atom is -0.355 e. The van der Waals surface area contributed by atoms with Gasteiger partial charge in [0.05, 0.1) is 0 Å². The molecule has 2 saturated carbocycles. The number of hydrogen-bond acceptors (Lipinski definition) is 3. The Balaban J connectivity index is 1.51. The second-order valence-electron chi connectivity index (χ2n) is 5.14. The van der Waals surface area contributed by atoms with Crippen molar-refractivity contribution in [2.75, 3.05) is 13.1 Å². The normalized spacial score (nSPS) is 30.1. The van der Waals surface area contributed by atoms with Gasteiger partial charge in [-0.3, -0.25) is 4.79 Å². The Morgan fingerprint density at radius 1 is 1.19 bits per heavy atom. The Morgan fingerprint density at radius 2 is 2.00 bits per heavy atom. The molecule has 92 valence electrons. The van der Waals surface area contributed by atoms with Gasteiger partial charge in [0.25, 0.3) is 0 Å². The number of rotatable bonds is 5. The molecule has 0 aromatic rings. The van der Waals surface area contributed by atoms with Gasteiger partial charge in [0.2, 0.25) is 5.91 Å². The van der Waals surface area contributed by atoms with Crippen LogP contribution in [0.1, 0.15) is 38.5 Å². The molecule has 0 aromatic heterocycles. The van der Waals surface area contributed by atoms with Gasteiger partial charge in [0, 0.05) is 31.1 Å². The van der Waals surface area contributed by atoms with Crippen LogP contribution in [0.3, 0.4) is 0 Å². The summed E-state index contributed by atoms with van der Waals surface area (Å²) in [6.45, 7) is 1.62. The lowest BCUT2D eigenvalue weighted by molar-refractivity contribution is -0.122. The molecule has 0 spiro atoms. The van der Waals surface area contributed by atoms with Gasteiger partial charge >= 0.3 is 0 Å². The molecule has 2 aliphatic carbocycles. The molecular weight excluding hydrogens is 202 g/mol. The van der Waals surface area contributed by atoms with Crippen LogP contribution in [-0.2, 0) is 4.79 Å². The molecule has 1 amide bonds. The number of hydrogen-bond donors (Lipinski definition) is 3. The third kappa shape index (κ3) is 3.76. The lowest BCUT2D eigenvalue weighted by Crippen LogP contribution is -2.42. The topological polar surface area (TPSA) is 67.2 Å². The first-order chi connectivity index (χ1) is 7.75. The number of nitrogens with two attached hydrogens (primary N) is 1. The SMILES string of the molecule is NC1CCCC(NCCNC(=O)C2CC2)C1. The van der Waals surface area contributed by atoms with Crippen molar-refractivity contribution in [3.8, 4) is 0 Å². The van der Waals surface area contributed by atoms with Crippen molar-refractivity contribution in [3.05, 3.63) is 0 Å². The molecule has 0 radical (unpaired) electrons. The summed E-state index contributed by atoms with van der Waals surface area (Å²) in [6, 6.07) is 0.925.